The van der Waals surface area contributed by atoms with Gasteiger partial charge in [-0.1, -0.05) is 25.3 Å². The summed E-state index contributed by atoms with van der Waals surface area (Å²) in [7, 11) is 0. The maximum Gasteiger partial charge on any atom is 0.225 e. The highest BCUT2D eigenvalue weighted by atomic mass is 16.2. The molecule has 29 heavy (non-hydrogen) atoms. The quantitative estimate of drug-likeness (QED) is 0.723. The highest BCUT2D eigenvalue weighted by molar-refractivity contribution is 5.84. The van der Waals surface area contributed by atoms with Gasteiger partial charge in [0.25, 0.3) is 0 Å². The Balaban J connectivity index is 1.29. The van der Waals surface area contributed by atoms with Crippen LogP contribution in [0, 0.1) is 11.8 Å². The van der Waals surface area contributed by atoms with Crippen LogP contribution >= 0.6 is 0 Å². The molecule has 1 saturated heterocycles. The Hall–Kier alpha value is -2.63. The van der Waals surface area contributed by atoms with Crippen LogP contribution in [0.1, 0.15) is 45.4 Å². The first-order valence-corrected chi connectivity index (χ1v) is 10.9. The number of likely N-dealkylation sites (tertiary alicyclic amines) is 1. The fourth-order valence-corrected chi connectivity index (χ4v) is 5.23. The van der Waals surface area contributed by atoms with Crippen LogP contribution in [0.4, 0.5) is 0 Å². The highest BCUT2D eigenvalue weighted by Gasteiger charge is 2.36. The number of H-pyrrole nitrogens is 1. The van der Waals surface area contributed by atoms with Crippen molar-refractivity contribution in [3.05, 3.63) is 36.8 Å². The molecule has 0 bridgehead atoms. The van der Waals surface area contributed by atoms with Crippen molar-refractivity contribution in [2.24, 2.45) is 11.8 Å². The Bertz CT molecular complexity index is 986. The smallest absolute Gasteiger partial charge is 0.225 e. The van der Waals surface area contributed by atoms with Crippen LogP contribution in [-0.2, 0) is 11.3 Å². The van der Waals surface area contributed by atoms with Crippen molar-refractivity contribution in [2.45, 2.75) is 58.0 Å². The molecule has 2 aliphatic rings. The van der Waals surface area contributed by atoms with Crippen molar-refractivity contribution in [1.29, 1.82) is 0 Å². The minimum absolute atomic E-state index is 0.261. The second-order valence-electron chi connectivity index (χ2n) is 8.86. The molecule has 1 N–H and O–H groups in total. The zero-order valence-electron chi connectivity index (χ0n) is 17.1. The minimum Gasteiger partial charge on any atom is -0.339 e. The molecule has 0 spiro atoms. The molecule has 1 aromatic carbocycles. The fourth-order valence-electron chi connectivity index (χ4n) is 5.23. The predicted octanol–water partition coefficient (Wildman–Crippen LogP) is 4.24. The Morgan fingerprint density at radius 1 is 1.17 bits per heavy atom. The Labute approximate surface area is 171 Å². The first-order chi connectivity index (χ1) is 14.2. The third-order valence-electron chi connectivity index (χ3n) is 6.80. The summed E-state index contributed by atoms with van der Waals surface area (Å²) in [6.45, 7) is 3.94. The van der Waals surface area contributed by atoms with Crippen LogP contribution in [0.25, 0.3) is 22.0 Å². The lowest BCUT2D eigenvalue weighted by molar-refractivity contribution is -0.137. The Kier molecular flexibility index (Phi) is 4.86. The standard InChI is InChI=1S/C23H29N5O/c1-16-9-17(14-27(16)23(29)18-5-3-2-4-6-18)15-28-22-8-7-19(10-20(22)13-26-28)21-11-24-25-12-21/h7-8,10-13,16-18H,2-6,9,14-15H2,1H3,(H,24,25)/t16-,17-/m0/s1. The van der Waals surface area contributed by atoms with Gasteiger partial charge in [0.05, 0.1) is 17.9 Å². The van der Waals surface area contributed by atoms with Gasteiger partial charge in [-0.05, 0) is 49.8 Å². The summed E-state index contributed by atoms with van der Waals surface area (Å²) < 4.78 is 2.11. The van der Waals surface area contributed by atoms with Crippen LogP contribution < -0.4 is 0 Å². The number of nitrogens with zero attached hydrogens (tertiary/aromatic N) is 4. The van der Waals surface area contributed by atoms with E-state index in [1.807, 2.05) is 18.6 Å². The van der Waals surface area contributed by atoms with E-state index in [4.69, 9.17) is 0 Å². The topological polar surface area (TPSA) is 66.8 Å². The van der Waals surface area contributed by atoms with Gasteiger partial charge in [0.1, 0.15) is 0 Å². The molecular weight excluding hydrogens is 362 g/mol. The molecule has 1 aliphatic heterocycles. The molecule has 3 heterocycles. The molecule has 0 unspecified atom stereocenters. The number of aromatic nitrogens is 4. The number of rotatable bonds is 4. The Morgan fingerprint density at radius 3 is 2.83 bits per heavy atom. The van der Waals surface area contributed by atoms with E-state index in [9.17, 15) is 4.79 Å². The van der Waals surface area contributed by atoms with E-state index in [1.165, 1.54) is 19.3 Å². The first kappa shape index (κ1) is 18.4. The molecule has 2 fully saturated rings. The predicted molar refractivity (Wildman–Crippen MR) is 113 cm³/mol. The van der Waals surface area contributed by atoms with Gasteiger partial charge in [-0.15, -0.1) is 0 Å². The average Bonchev–Trinajstić information content (AvgIpc) is 3.49. The molecule has 152 valence electrons. The molecule has 1 amide bonds. The molecule has 1 saturated carbocycles. The minimum atomic E-state index is 0.261. The number of hydrogen-bond acceptors (Lipinski definition) is 3. The van der Waals surface area contributed by atoms with Crippen molar-refractivity contribution in [2.75, 3.05) is 6.54 Å². The molecule has 5 rings (SSSR count). The van der Waals surface area contributed by atoms with Crippen LogP contribution in [0.5, 0.6) is 0 Å². The number of hydrogen-bond donors (Lipinski definition) is 1. The van der Waals surface area contributed by atoms with Gasteiger partial charge >= 0.3 is 0 Å². The summed E-state index contributed by atoms with van der Waals surface area (Å²) in [5.41, 5.74) is 3.38. The lowest BCUT2D eigenvalue weighted by Crippen LogP contribution is -2.39. The molecule has 0 radical (unpaired) electrons. The maximum atomic E-state index is 13.0. The van der Waals surface area contributed by atoms with Gasteiger partial charge in [0, 0.05) is 42.2 Å². The number of aromatic amines is 1. The summed E-state index contributed by atoms with van der Waals surface area (Å²) in [4.78, 5) is 15.2. The van der Waals surface area contributed by atoms with Crippen LogP contribution in [0.3, 0.4) is 0 Å². The summed E-state index contributed by atoms with van der Waals surface area (Å²) >= 11 is 0. The fraction of sp³-hybridized carbons (Fsp3) is 0.522. The highest BCUT2D eigenvalue weighted by Crippen LogP contribution is 2.32. The lowest BCUT2D eigenvalue weighted by Gasteiger charge is -2.29. The van der Waals surface area contributed by atoms with Gasteiger partial charge < -0.3 is 4.90 Å². The molecule has 1 aliphatic carbocycles. The van der Waals surface area contributed by atoms with Crippen molar-refractivity contribution in [3.8, 4) is 11.1 Å². The SMILES string of the molecule is C[C@H]1C[C@H](Cn2ncc3cc(-c4cn[nH]c4)ccc32)CN1C(=O)C1CCCCC1. The van der Waals surface area contributed by atoms with E-state index in [0.29, 0.717) is 17.9 Å². The number of carbonyl (C=O) groups excluding carboxylic acids is 1. The van der Waals surface area contributed by atoms with Gasteiger partial charge in [-0.2, -0.15) is 10.2 Å². The molecular formula is C23H29N5O. The molecule has 2 aromatic heterocycles. The molecule has 2 atom stereocenters. The summed E-state index contributed by atoms with van der Waals surface area (Å²) in [5.74, 6) is 1.13. The molecule has 6 heteroatoms. The first-order valence-electron chi connectivity index (χ1n) is 10.9. The van der Waals surface area contributed by atoms with Crippen molar-refractivity contribution in [1.82, 2.24) is 24.9 Å². The van der Waals surface area contributed by atoms with Crippen molar-refractivity contribution < 1.29 is 4.79 Å². The van der Waals surface area contributed by atoms with Gasteiger partial charge in [0.15, 0.2) is 0 Å². The van der Waals surface area contributed by atoms with Crippen LogP contribution in [-0.4, -0.2) is 43.4 Å². The molecule has 6 nitrogen and oxygen atoms in total. The van der Waals surface area contributed by atoms with Gasteiger partial charge in [-0.25, -0.2) is 0 Å². The number of fused-ring (bicyclic) bond motifs is 1. The van der Waals surface area contributed by atoms with E-state index in [2.05, 4.69) is 50.0 Å². The number of carbonyl (C=O) groups is 1. The lowest BCUT2D eigenvalue weighted by atomic mass is 9.88. The zero-order valence-corrected chi connectivity index (χ0v) is 17.1. The zero-order chi connectivity index (χ0) is 19.8. The summed E-state index contributed by atoms with van der Waals surface area (Å²) in [6.07, 6.45) is 12.6. The van der Waals surface area contributed by atoms with Gasteiger partial charge in [-0.3, -0.25) is 14.6 Å². The van der Waals surface area contributed by atoms with E-state index in [-0.39, 0.29) is 5.92 Å². The monoisotopic (exact) mass is 391 g/mol. The summed E-state index contributed by atoms with van der Waals surface area (Å²) in [6, 6.07) is 6.78. The summed E-state index contributed by atoms with van der Waals surface area (Å²) in [5, 5.41) is 12.7. The number of benzene rings is 1. The molecule has 3 aromatic rings. The second kappa shape index (κ2) is 7.65. The normalized spacial score (nSPS) is 23.1. The maximum absolute atomic E-state index is 13.0. The number of amides is 1. The largest absolute Gasteiger partial charge is 0.339 e. The van der Waals surface area contributed by atoms with E-state index < -0.39 is 0 Å². The Morgan fingerprint density at radius 2 is 2.03 bits per heavy atom. The van der Waals surface area contributed by atoms with Gasteiger partial charge in [0.2, 0.25) is 5.91 Å². The number of nitrogens with one attached hydrogen (secondary N) is 1. The second-order valence-corrected chi connectivity index (χ2v) is 8.86. The van der Waals surface area contributed by atoms with Crippen LogP contribution in [0.15, 0.2) is 36.8 Å². The third kappa shape index (κ3) is 3.56. The average molecular weight is 392 g/mol. The van der Waals surface area contributed by atoms with E-state index in [1.54, 1.807) is 0 Å². The van der Waals surface area contributed by atoms with Crippen molar-refractivity contribution in [3.63, 3.8) is 0 Å². The van der Waals surface area contributed by atoms with Crippen LogP contribution in [0.2, 0.25) is 0 Å². The van der Waals surface area contributed by atoms with E-state index >= 15 is 0 Å². The van der Waals surface area contributed by atoms with E-state index in [0.717, 1.165) is 54.4 Å². The van der Waals surface area contributed by atoms with Crippen molar-refractivity contribution >= 4 is 16.8 Å². The third-order valence-corrected chi connectivity index (χ3v) is 6.80.